The number of carbonyl (C=O) groups is 2. The summed E-state index contributed by atoms with van der Waals surface area (Å²) in [5.41, 5.74) is 1.19. The zero-order valence-corrected chi connectivity index (χ0v) is 16.6. The van der Waals surface area contributed by atoms with Crippen molar-refractivity contribution in [1.29, 1.82) is 0 Å². The van der Waals surface area contributed by atoms with Crippen molar-refractivity contribution in [2.75, 3.05) is 5.32 Å². The fraction of sp³-hybridized carbons (Fsp3) is 0.235. The maximum atomic E-state index is 12.5. The monoisotopic (exact) mass is 436 g/mol. The van der Waals surface area contributed by atoms with E-state index in [0.29, 0.717) is 41.1 Å². The van der Waals surface area contributed by atoms with Crippen LogP contribution in [-0.2, 0) is 17.9 Å². The van der Waals surface area contributed by atoms with Gasteiger partial charge in [0.25, 0.3) is 5.91 Å². The van der Waals surface area contributed by atoms with Crippen molar-refractivity contribution in [2.24, 2.45) is 0 Å². The van der Waals surface area contributed by atoms with Crippen LogP contribution in [-0.4, -0.2) is 21.4 Å². The van der Waals surface area contributed by atoms with E-state index in [1.807, 2.05) is 23.1 Å². The molecule has 0 saturated heterocycles. The fourth-order valence-corrected chi connectivity index (χ4v) is 3.51. The van der Waals surface area contributed by atoms with Gasteiger partial charge in [-0.3, -0.25) is 14.9 Å². The van der Waals surface area contributed by atoms with Gasteiger partial charge in [0.05, 0.1) is 6.54 Å². The molecule has 0 fully saturated rings. The minimum Gasteiger partial charge on any atom is -0.458 e. The highest BCUT2D eigenvalue weighted by Gasteiger charge is 2.15. The number of hydrogen-bond donors (Lipinski definition) is 2. The molecule has 0 aliphatic carbocycles. The molecule has 0 aliphatic heterocycles. The lowest BCUT2D eigenvalue weighted by Gasteiger charge is -2.05. The van der Waals surface area contributed by atoms with E-state index in [0.717, 1.165) is 4.47 Å². The molecule has 2 N–H and O–H groups in total. The van der Waals surface area contributed by atoms with Gasteiger partial charge >= 0.3 is 0 Å². The van der Waals surface area contributed by atoms with Crippen molar-refractivity contribution in [3.05, 3.63) is 45.7 Å². The Morgan fingerprint density at radius 2 is 2.19 bits per heavy atom. The maximum Gasteiger partial charge on any atom is 0.274 e. The first-order valence-corrected chi connectivity index (χ1v) is 9.59. The summed E-state index contributed by atoms with van der Waals surface area (Å²) in [6.45, 7) is 4.44. The van der Waals surface area contributed by atoms with Crippen molar-refractivity contribution in [2.45, 2.75) is 26.9 Å². The number of halogens is 1. The van der Waals surface area contributed by atoms with Crippen LogP contribution >= 0.6 is 27.3 Å². The Balaban J connectivity index is 1.70. The number of thiazole rings is 1. The molecule has 3 aromatic heterocycles. The number of nitrogens with zero attached hydrogens (tertiary/aromatic N) is 2. The van der Waals surface area contributed by atoms with Crippen molar-refractivity contribution in [3.63, 3.8) is 0 Å². The minimum atomic E-state index is -0.218. The lowest BCUT2D eigenvalue weighted by Crippen LogP contribution is -2.18. The van der Waals surface area contributed by atoms with Crippen molar-refractivity contribution in [1.82, 2.24) is 14.9 Å². The van der Waals surface area contributed by atoms with Gasteiger partial charge in [-0.05, 0) is 41.1 Å². The molecule has 0 bridgehead atoms. The fourth-order valence-electron chi connectivity index (χ4n) is 2.35. The molecular formula is C17H17BrN4O3S. The smallest absolute Gasteiger partial charge is 0.274 e. The summed E-state index contributed by atoms with van der Waals surface area (Å²) in [4.78, 5) is 27.8. The van der Waals surface area contributed by atoms with Gasteiger partial charge in [0, 0.05) is 29.5 Å². The van der Waals surface area contributed by atoms with Crippen LogP contribution < -0.4 is 10.6 Å². The van der Waals surface area contributed by atoms with E-state index in [2.05, 4.69) is 31.5 Å². The Bertz CT molecular complexity index is 944. The van der Waals surface area contributed by atoms with E-state index < -0.39 is 0 Å². The van der Waals surface area contributed by atoms with E-state index in [4.69, 9.17) is 4.42 Å². The first kappa shape index (κ1) is 18.4. The first-order valence-electron chi connectivity index (χ1n) is 7.92. The zero-order valence-electron chi connectivity index (χ0n) is 14.2. The van der Waals surface area contributed by atoms with E-state index >= 15 is 0 Å². The van der Waals surface area contributed by atoms with E-state index in [-0.39, 0.29) is 11.8 Å². The van der Waals surface area contributed by atoms with Gasteiger partial charge in [-0.2, -0.15) is 0 Å². The zero-order chi connectivity index (χ0) is 18.7. The van der Waals surface area contributed by atoms with E-state index in [1.165, 1.54) is 18.3 Å². The van der Waals surface area contributed by atoms with Crippen LogP contribution in [0.25, 0.3) is 11.5 Å². The largest absolute Gasteiger partial charge is 0.458 e. The SMILES string of the molecule is CCn1cc(Br)cc1C(=O)Nc1nc(-c2ccc(CNC(C)=O)o2)cs1. The summed E-state index contributed by atoms with van der Waals surface area (Å²) in [5, 5.41) is 7.79. The molecule has 0 atom stereocenters. The lowest BCUT2D eigenvalue weighted by atomic mass is 10.3. The molecule has 3 heterocycles. The third kappa shape index (κ3) is 4.23. The third-order valence-corrected chi connectivity index (χ3v) is 4.78. The molecule has 136 valence electrons. The maximum absolute atomic E-state index is 12.5. The number of anilines is 1. The number of carbonyl (C=O) groups excluding carboxylic acids is 2. The van der Waals surface area contributed by atoms with Crippen LogP contribution in [0.4, 0.5) is 5.13 Å². The topological polar surface area (TPSA) is 89.2 Å². The van der Waals surface area contributed by atoms with Gasteiger partial charge in [-0.15, -0.1) is 11.3 Å². The predicted molar refractivity (Wildman–Crippen MR) is 103 cm³/mol. The summed E-state index contributed by atoms with van der Waals surface area (Å²) in [7, 11) is 0. The average Bonchev–Trinajstić information content (AvgIpc) is 3.31. The first-order chi connectivity index (χ1) is 12.5. The molecule has 0 aliphatic rings. The normalized spacial score (nSPS) is 10.7. The molecule has 3 aromatic rings. The highest BCUT2D eigenvalue weighted by atomic mass is 79.9. The van der Waals surface area contributed by atoms with Gasteiger partial charge in [-0.1, -0.05) is 0 Å². The second kappa shape index (κ2) is 7.88. The van der Waals surface area contributed by atoms with Crippen LogP contribution in [0.3, 0.4) is 0 Å². The number of hydrogen-bond acceptors (Lipinski definition) is 5. The van der Waals surface area contributed by atoms with Gasteiger partial charge in [0.15, 0.2) is 10.9 Å². The number of nitrogens with one attached hydrogen (secondary N) is 2. The molecule has 0 aromatic carbocycles. The van der Waals surface area contributed by atoms with Crippen LogP contribution in [0.2, 0.25) is 0 Å². The van der Waals surface area contributed by atoms with Crippen LogP contribution in [0.1, 0.15) is 30.1 Å². The molecule has 0 spiro atoms. The summed E-state index contributed by atoms with van der Waals surface area (Å²) in [6.07, 6.45) is 1.86. The van der Waals surface area contributed by atoms with Crippen molar-refractivity contribution < 1.29 is 14.0 Å². The predicted octanol–water partition coefficient (Wildman–Crippen LogP) is 3.88. The molecule has 3 rings (SSSR count). The average molecular weight is 437 g/mol. The molecule has 0 unspecified atom stereocenters. The summed E-state index contributed by atoms with van der Waals surface area (Å²) < 4.78 is 8.38. The highest BCUT2D eigenvalue weighted by Crippen LogP contribution is 2.27. The second-order valence-corrected chi connectivity index (χ2v) is 7.27. The van der Waals surface area contributed by atoms with Crippen LogP contribution in [0.15, 0.2) is 38.7 Å². The van der Waals surface area contributed by atoms with Crippen molar-refractivity contribution >= 4 is 44.2 Å². The Morgan fingerprint density at radius 1 is 1.38 bits per heavy atom. The minimum absolute atomic E-state index is 0.120. The lowest BCUT2D eigenvalue weighted by molar-refractivity contribution is -0.119. The van der Waals surface area contributed by atoms with Crippen LogP contribution in [0, 0.1) is 0 Å². The number of rotatable bonds is 6. The number of aryl methyl sites for hydroxylation is 1. The highest BCUT2D eigenvalue weighted by molar-refractivity contribution is 9.10. The van der Waals surface area contributed by atoms with Crippen LogP contribution in [0.5, 0.6) is 0 Å². The van der Waals surface area contributed by atoms with Gasteiger partial charge in [0.1, 0.15) is 17.1 Å². The Kier molecular flexibility index (Phi) is 5.58. The summed E-state index contributed by atoms with van der Waals surface area (Å²) in [5.74, 6) is 0.885. The van der Waals surface area contributed by atoms with Gasteiger partial charge < -0.3 is 14.3 Å². The molecular weight excluding hydrogens is 420 g/mol. The summed E-state index contributed by atoms with van der Waals surface area (Å²) >= 11 is 4.71. The Morgan fingerprint density at radius 3 is 2.92 bits per heavy atom. The Labute approximate surface area is 162 Å². The van der Waals surface area contributed by atoms with E-state index in [9.17, 15) is 9.59 Å². The number of amides is 2. The Hall–Kier alpha value is -2.39. The molecule has 7 nitrogen and oxygen atoms in total. The summed E-state index contributed by atoms with van der Waals surface area (Å²) in [6, 6.07) is 5.35. The molecule has 0 radical (unpaired) electrons. The quantitative estimate of drug-likeness (QED) is 0.613. The molecule has 2 amide bonds. The van der Waals surface area contributed by atoms with Gasteiger partial charge in [0.2, 0.25) is 5.91 Å². The van der Waals surface area contributed by atoms with Gasteiger partial charge in [-0.25, -0.2) is 4.98 Å². The second-order valence-electron chi connectivity index (χ2n) is 5.50. The standard InChI is InChI=1S/C17H17BrN4O3S/c1-3-22-8-11(18)6-14(22)16(24)21-17-20-13(9-26-17)15-5-4-12(25-15)7-19-10(2)23/h4-6,8-9H,3,7H2,1-2H3,(H,19,23)(H,20,21,24). The van der Waals surface area contributed by atoms with Crippen molar-refractivity contribution in [3.8, 4) is 11.5 Å². The molecule has 26 heavy (non-hydrogen) atoms. The molecule has 9 heteroatoms. The number of aromatic nitrogens is 2. The molecule has 0 saturated carbocycles. The van der Waals surface area contributed by atoms with E-state index in [1.54, 1.807) is 18.2 Å². The number of furan rings is 1. The third-order valence-electron chi connectivity index (χ3n) is 3.59.